The molecular formula is C30H28ClN5O6S. The highest BCUT2D eigenvalue weighted by molar-refractivity contribution is 7.89. The first-order chi connectivity index (χ1) is 20.4. The first-order valence-electron chi connectivity index (χ1n) is 13.3. The van der Waals surface area contributed by atoms with Crippen molar-refractivity contribution in [3.8, 4) is 11.1 Å². The first kappa shape index (κ1) is 30.0. The van der Waals surface area contributed by atoms with Crippen LogP contribution in [0.15, 0.2) is 90.1 Å². The summed E-state index contributed by atoms with van der Waals surface area (Å²) in [7, 11) is -4.12. The molecule has 2 atom stereocenters. The maximum Gasteiger partial charge on any atom is 0.254 e. The van der Waals surface area contributed by atoms with Crippen molar-refractivity contribution in [1.82, 2.24) is 9.21 Å². The van der Waals surface area contributed by atoms with Crippen molar-refractivity contribution in [2.75, 3.05) is 13.1 Å². The third kappa shape index (κ3) is 6.46. The van der Waals surface area contributed by atoms with Crippen molar-refractivity contribution in [2.45, 2.75) is 29.8 Å². The Kier molecular flexibility index (Phi) is 8.36. The number of primary amides is 2. The number of carbonyl (C=O) groups is 3. The molecule has 222 valence electrons. The zero-order valence-corrected chi connectivity index (χ0v) is 24.4. The number of rotatable bonds is 8. The molecule has 0 radical (unpaired) electrons. The lowest BCUT2D eigenvalue weighted by atomic mass is 9.99. The monoisotopic (exact) mass is 621 g/mol. The summed E-state index contributed by atoms with van der Waals surface area (Å²) in [6.07, 6.45) is 2.05. The summed E-state index contributed by atoms with van der Waals surface area (Å²) in [5.74, 6) is -1.98. The van der Waals surface area contributed by atoms with Crippen molar-refractivity contribution in [3.05, 3.63) is 101 Å². The molecule has 3 amide bonds. The molecule has 0 saturated carbocycles. The zero-order valence-electron chi connectivity index (χ0n) is 22.8. The van der Waals surface area contributed by atoms with Gasteiger partial charge in [-0.2, -0.15) is 9.04 Å². The lowest BCUT2D eigenvalue weighted by Gasteiger charge is -2.45. The number of carbonyl (C=O) groups excluding carboxylic acids is 3. The Labute approximate surface area is 252 Å². The van der Waals surface area contributed by atoms with Crippen LogP contribution in [0.5, 0.6) is 0 Å². The van der Waals surface area contributed by atoms with E-state index in [1.807, 2.05) is 0 Å². The fourth-order valence-corrected chi connectivity index (χ4v) is 7.13. The number of fused-ring (bicyclic) bond motifs is 1. The van der Waals surface area contributed by atoms with Crippen molar-refractivity contribution in [2.24, 2.45) is 11.5 Å². The minimum atomic E-state index is -4.12. The van der Waals surface area contributed by atoms with E-state index in [4.69, 9.17) is 23.1 Å². The van der Waals surface area contributed by atoms with E-state index in [1.54, 1.807) is 60.7 Å². The number of amides is 3. The topological polar surface area (TPSA) is 171 Å². The summed E-state index contributed by atoms with van der Waals surface area (Å²) in [5.41, 5.74) is 12.8. The van der Waals surface area contributed by atoms with E-state index in [2.05, 4.69) is 0 Å². The third-order valence-corrected chi connectivity index (χ3v) is 9.47. The van der Waals surface area contributed by atoms with E-state index in [0.29, 0.717) is 15.1 Å². The van der Waals surface area contributed by atoms with E-state index < -0.39 is 39.8 Å². The number of piperazine rings is 1. The minimum absolute atomic E-state index is 0.0109. The molecule has 1 fully saturated rings. The maximum atomic E-state index is 13.9. The molecule has 4 N–H and O–H groups in total. The molecule has 3 aromatic carbocycles. The molecule has 1 aromatic heterocycles. The number of benzene rings is 3. The summed E-state index contributed by atoms with van der Waals surface area (Å²) in [6, 6.07) is 17.7. The average molecular weight is 622 g/mol. The van der Waals surface area contributed by atoms with Gasteiger partial charge in [0.2, 0.25) is 21.8 Å². The smallest absolute Gasteiger partial charge is 0.254 e. The van der Waals surface area contributed by atoms with Crippen LogP contribution < -0.4 is 16.2 Å². The second kappa shape index (κ2) is 12.0. The van der Waals surface area contributed by atoms with E-state index in [-0.39, 0.29) is 36.4 Å². The van der Waals surface area contributed by atoms with Crippen LogP contribution in [0.25, 0.3) is 21.9 Å². The highest BCUT2D eigenvalue weighted by atomic mass is 35.5. The number of nitrogens with two attached hydrogens (primary N) is 2. The molecule has 0 spiro atoms. The van der Waals surface area contributed by atoms with Gasteiger partial charge in [-0.05, 0) is 58.3 Å². The van der Waals surface area contributed by atoms with Gasteiger partial charge in [-0.25, -0.2) is 8.42 Å². The molecule has 5 rings (SSSR count). The van der Waals surface area contributed by atoms with Crippen molar-refractivity contribution in [3.63, 3.8) is 0 Å². The van der Waals surface area contributed by atoms with Gasteiger partial charge in [0.1, 0.15) is 0 Å². The van der Waals surface area contributed by atoms with Crippen LogP contribution in [0.1, 0.15) is 23.2 Å². The SMILES string of the molecule is NC(=O)C[C@@H]1CN(S(=O)(=O)c2ccc3cc(Cl)ccc3c2)C[C@H](CC(N)=O)N1C(=O)c1ccc(-c2cc[n+]([O-])cc2)cc1. The van der Waals surface area contributed by atoms with Crippen LogP contribution in [-0.4, -0.2) is 60.5 Å². The van der Waals surface area contributed by atoms with Crippen LogP contribution in [-0.2, 0) is 19.6 Å². The largest absolute Gasteiger partial charge is 0.619 e. The van der Waals surface area contributed by atoms with Crippen molar-refractivity contribution >= 4 is 50.1 Å². The lowest BCUT2D eigenvalue weighted by Crippen LogP contribution is -2.62. The van der Waals surface area contributed by atoms with Gasteiger partial charge in [0.05, 0.1) is 17.0 Å². The van der Waals surface area contributed by atoms with E-state index in [9.17, 15) is 28.0 Å². The number of hydrogen-bond donors (Lipinski definition) is 2. The van der Waals surface area contributed by atoms with Crippen LogP contribution in [0.4, 0.5) is 0 Å². The second-order valence-electron chi connectivity index (χ2n) is 10.4. The Bertz CT molecular complexity index is 1790. The average Bonchev–Trinajstić information content (AvgIpc) is 2.96. The normalized spacial score (nSPS) is 17.6. The van der Waals surface area contributed by atoms with E-state index >= 15 is 0 Å². The molecule has 0 bridgehead atoms. The summed E-state index contributed by atoms with van der Waals surface area (Å²) in [5, 5.41) is 13.3. The van der Waals surface area contributed by atoms with Crippen LogP contribution in [0, 0.1) is 5.21 Å². The number of aromatic nitrogens is 1. The molecule has 1 aliphatic heterocycles. The van der Waals surface area contributed by atoms with Crippen LogP contribution in [0.3, 0.4) is 0 Å². The van der Waals surface area contributed by atoms with Crippen LogP contribution in [0.2, 0.25) is 5.02 Å². The number of halogens is 1. The van der Waals surface area contributed by atoms with Gasteiger partial charge in [-0.1, -0.05) is 35.9 Å². The minimum Gasteiger partial charge on any atom is -0.619 e. The van der Waals surface area contributed by atoms with Gasteiger partial charge in [-0.3, -0.25) is 14.4 Å². The van der Waals surface area contributed by atoms with Crippen molar-refractivity contribution < 1.29 is 27.5 Å². The molecule has 1 saturated heterocycles. The van der Waals surface area contributed by atoms with Crippen LogP contribution >= 0.6 is 11.6 Å². The van der Waals surface area contributed by atoms with Gasteiger partial charge in [0.25, 0.3) is 5.91 Å². The van der Waals surface area contributed by atoms with Gasteiger partial charge < -0.3 is 21.6 Å². The number of pyridine rings is 1. The predicted molar refractivity (Wildman–Crippen MR) is 160 cm³/mol. The van der Waals surface area contributed by atoms with E-state index in [1.165, 1.54) is 29.4 Å². The third-order valence-electron chi connectivity index (χ3n) is 7.40. The quantitative estimate of drug-likeness (QED) is 0.226. The fraction of sp³-hybridized carbons (Fsp3) is 0.200. The standard InChI is InChI=1S/C30H28ClN5O6S/c31-24-7-5-23-14-27(8-6-22(23)13-24)43(41,42)35-17-25(15-28(32)37)36(26(18-35)16-29(33)38)30(39)21-3-1-19(2-4-21)20-9-11-34(40)12-10-20/h1-14,25-26H,15-18H2,(H2,32,37)(H2,33,38)/t25-,26+. The molecule has 2 heterocycles. The number of nitrogens with zero attached hydrogens (tertiary/aromatic N) is 3. The number of sulfonamides is 1. The molecular weight excluding hydrogens is 594 g/mol. The lowest BCUT2D eigenvalue weighted by molar-refractivity contribution is -0.605. The summed E-state index contributed by atoms with van der Waals surface area (Å²) in [4.78, 5) is 39.5. The molecule has 0 unspecified atom stereocenters. The highest BCUT2D eigenvalue weighted by Gasteiger charge is 2.43. The molecule has 13 heteroatoms. The summed E-state index contributed by atoms with van der Waals surface area (Å²) < 4.78 is 29.5. The molecule has 1 aliphatic rings. The Morgan fingerprint density at radius 1 is 0.814 bits per heavy atom. The first-order valence-corrected chi connectivity index (χ1v) is 15.1. The van der Waals surface area contributed by atoms with E-state index in [0.717, 1.165) is 20.8 Å². The summed E-state index contributed by atoms with van der Waals surface area (Å²) in [6.45, 7) is -0.440. The van der Waals surface area contributed by atoms with Gasteiger partial charge in [-0.15, -0.1) is 0 Å². The molecule has 43 heavy (non-hydrogen) atoms. The Morgan fingerprint density at radius 2 is 1.35 bits per heavy atom. The fourth-order valence-electron chi connectivity index (χ4n) is 5.40. The van der Waals surface area contributed by atoms with Gasteiger partial charge in [0.15, 0.2) is 12.4 Å². The molecule has 11 nitrogen and oxygen atoms in total. The Balaban J connectivity index is 1.47. The Morgan fingerprint density at radius 3 is 1.93 bits per heavy atom. The maximum absolute atomic E-state index is 13.9. The molecule has 4 aromatic rings. The second-order valence-corrected chi connectivity index (χ2v) is 12.7. The predicted octanol–water partition coefficient (Wildman–Crippen LogP) is 2.43. The van der Waals surface area contributed by atoms with Crippen molar-refractivity contribution in [1.29, 1.82) is 0 Å². The van der Waals surface area contributed by atoms with Gasteiger partial charge >= 0.3 is 0 Å². The zero-order chi connectivity index (χ0) is 30.9. The van der Waals surface area contributed by atoms with Gasteiger partial charge in [0, 0.05) is 48.6 Å². The summed E-state index contributed by atoms with van der Waals surface area (Å²) >= 11 is 6.06. The Hall–Kier alpha value is -4.52. The highest BCUT2D eigenvalue weighted by Crippen LogP contribution is 2.30. The molecule has 0 aliphatic carbocycles. The number of hydrogen-bond acceptors (Lipinski definition) is 6.